The molecule has 0 aromatic heterocycles. The van der Waals surface area contributed by atoms with Crippen LogP contribution in [-0.4, -0.2) is 0 Å². The fourth-order valence-corrected chi connectivity index (χ4v) is 5.54. The van der Waals surface area contributed by atoms with Crippen LogP contribution < -0.4 is 6.15 Å². The Kier molecular flexibility index (Phi) is 4.56. The van der Waals surface area contributed by atoms with E-state index >= 15 is 0 Å². The van der Waals surface area contributed by atoms with E-state index in [0.717, 1.165) is 12.8 Å². The highest BCUT2D eigenvalue weighted by molar-refractivity contribution is 6.08. The summed E-state index contributed by atoms with van der Waals surface area (Å²) in [6, 6.07) is 31.7. The average Bonchev–Trinajstić information content (AvgIpc) is 2.78. The first-order valence-corrected chi connectivity index (χ1v) is 10.7. The quantitative estimate of drug-likeness (QED) is 0.291. The monoisotopic (exact) mass is 389 g/mol. The van der Waals surface area contributed by atoms with Crippen LogP contribution in [0, 0.1) is 6.92 Å². The molecule has 0 amide bonds. The van der Waals surface area contributed by atoms with Gasteiger partial charge in [0.05, 0.1) is 0 Å². The molecule has 0 saturated carbocycles. The van der Waals surface area contributed by atoms with E-state index in [4.69, 9.17) is 0 Å². The molecule has 1 atom stereocenters. The fraction of sp³-hybridized carbons (Fsp3) is 0.172. The first-order chi connectivity index (χ1) is 14.3. The molecule has 1 heteroatoms. The molecule has 1 nitrogen and oxygen atoms in total. The van der Waals surface area contributed by atoms with Crippen LogP contribution in [-0.2, 0) is 12.8 Å². The molecule has 0 radical (unpaired) electrons. The Bertz CT molecular complexity index is 1390. The standard InChI is InChI=1S/C29H24.H3N/c1-19-6-4-8-21-9-5-11-26(29(19)21)23-13-15-25-22(18-23)14-17-27-24-10-3-2-7-20(24)12-16-28(25)27;/h2-12,14,16-17,23H,13,15,18H2,1H3;1H3. The van der Waals surface area contributed by atoms with Crippen LogP contribution in [0.2, 0.25) is 0 Å². The van der Waals surface area contributed by atoms with E-state index in [-0.39, 0.29) is 6.15 Å². The molecular formula is C29H27N. The third-order valence-electron chi connectivity index (χ3n) is 6.93. The van der Waals surface area contributed by atoms with Gasteiger partial charge in [0.15, 0.2) is 0 Å². The van der Waals surface area contributed by atoms with E-state index in [1.165, 1.54) is 55.4 Å². The molecule has 1 aliphatic rings. The molecular weight excluding hydrogens is 362 g/mol. The van der Waals surface area contributed by atoms with Crippen molar-refractivity contribution in [3.05, 3.63) is 107 Å². The van der Waals surface area contributed by atoms with Gasteiger partial charge in [-0.05, 0) is 86.7 Å². The minimum absolute atomic E-state index is 0. The highest BCUT2D eigenvalue weighted by Gasteiger charge is 2.23. The van der Waals surface area contributed by atoms with Gasteiger partial charge in [0.25, 0.3) is 0 Å². The fourth-order valence-electron chi connectivity index (χ4n) is 5.54. The van der Waals surface area contributed by atoms with Crippen molar-refractivity contribution in [1.29, 1.82) is 0 Å². The highest BCUT2D eigenvalue weighted by Crippen LogP contribution is 2.40. The Hall–Kier alpha value is -3.16. The number of hydrogen-bond donors (Lipinski definition) is 1. The minimum atomic E-state index is 0. The lowest BCUT2D eigenvalue weighted by atomic mass is 9.77. The Balaban J connectivity index is 0.00000193. The third-order valence-corrected chi connectivity index (χ3v) is 6.93. The summed E-state index contributed by atoms with van der Waals surface area (Å²) in [5.74, 6) is 0.602. The summed E-state index contributed by atoms with van der Waals surface area (Å²) in [6.07, 6.45) is 3.54. The molecule has 5 aromatic rings. The molecule has 0 spiro atoms. The number of fused-ring (bicyclic) bond motifs is 6. The van der Waals surface area contributed by atoms with Gasteiger partial charge in [0, 0.05) is 0 Å². The maximum atomic E-state index is 2.40. The normalized spacial score (nSPS) is 15.8. The van der Waals surface area contributed by atoms with Crippen LogP contribution in [0.5, 0.6) is 0 Å². The molecule has 3 N–H and O–H groups in total. The van der Waals surface area contributed by atoms with Crippen molar-refractivity contribution < 1.29 is 0 Å². The van der Waals surface area contributed by atoms with E-state index in [0.29, 0.717) is 5.92 Å². The average molecular weight is 390 g/mol. The second-order valence-electron chi connectivity index (χ2n) is 8.55. The Morgan fingerprint density at radius 1 is 0.667 bits per heavy atom. The second-order valence-corrected chi connectivity index (χ2v) is 8.55. The molecule has 148 valence electrons. The van der Waals surface area contributed by atoms with Crippen LogP contribution in [0.25, 0.3) is 32.3 Å². The Morgan fingerprint density at radius 3 is 2.33 bits per heavy atom. The number of rotatable bonds is 1. The van der Waals surface area contributed by atoms with E-state index in [9.17, 15) is 0 Å². The summed E-state index contributed by atoms with van der Waals surface area (Å²) in [5, 5.41) is 8.41. The summed E-state index contributed by atoms with van der Waals surface area (Å²) in [7, 11) is 0. The lowest BCUT2D eigenvalue weighted by molar-refractivity contribution is 0.591. The zero-order valence-corrected chi connectivity index (χ0v) is 17.5. The topological polar surface area (TPSA) is 35.0 Å². The summed E-state index contributed by atoms with van der Waals surface area (Å²) < 4.78 is 0. The van der Waals surface area contributed by atoms with Gasteiger partial charge in [0.1, 0.15) is 0 Å². The first kappa shape index (κ1) is 18.8. The van der Waals surface area contributed by atoms with Crippen molar-refractivity contribution in [1.82, 2.24) is 6.15 Å². The van der Waals surface area contributed by atoms with Gasteiger partial charge in [-0.2, -0.15) is 0 Å². The molecule has 6 rings (SSSR count). The summed E-state index contributed by atoms with van der Waals surface area (Å²) >= 11 is 0. The zero-order valence-electron chi connectivity index (χ0n) is 17.5. The van der Waals surface area contributed by atoms with Crippen molar-refractivity contribution in [2.75, 3.05) is 0 Å². The summed E-state index contributed by atoms with van der Waals surface area (Å²) in [5.41, 5.74) is 6.04. The van der Waals surface area contributed by atoms with Crippen LogP contribution in [0.15, 0.2) is 84.9 Å². The predicted octanol–water partition coefficient (Wildman–Crippen LogP) is 7.89. The smallest absolute Gasteiger partial charge is 0.0102 e. The van der Waals surface area contributed by atoms with Gasteiger partial charge in [-0.3, -0.25) is 0 Å². The number of hydrogen-bond acceptors (Lipinski definition) is 1. The SMILES string of the molecule is Cc1cccc2cccc(C3CCc4c(ccc5c4ccc4ccccc45)C3)c12.N. The Labute approximate surface area is 177 Å². The van der Waals surface area contributed by atoms with Gasteiger partial charge in [-0.15, -0.1) is 0 Å². The van der Waals surface area contributed by atoms with Gasteiger partial charge < -0.3 is 6.15 Å². The van der Waals surface area contributed by atoms with Gasteiger partial charge in [-0.25, -0.2) is 0 Å². The van der Waals surface area contributed by atoms with Gasteiger partial charge in [-0.1, -0.05) is 84.9 Å². The maximum Gasteiger partial charge on any atom is -0.0102 e. The predicted molar refractivity (Wildman–Crippen MR) is 130 cm³/mol. The first-order valence-electron chi connectivity index (χ1n) is 10.7. The summed E-state index contributed by atoms with van der Waals surface area (Å²) in [6.45, 7) is 2.25. The lowest BCUT2D eigenvalue weighted by Crippen LogP contribution is -2.13. The van der Waals surface area contributed by atoms with E-state index in [1.54, 1.807) is 5.56 Å². The molecule has 1 aliphatic carbocycles. The highest BCUT2D eigenvalue weighted by atomic mass is 14.3. The number of benzene rings is 5. The van der Waals surface area contributed by atoms with Crippen molar-refractivity contribution in [3.63, 3.8) is 0 Å². The number of aryl methyl sites for hydroxylation is 2. The lowest BCUT2D eigenvalue weighted by Gasteiger charge is -2.28. The van der Waals surface area contributed by atoms with Crippen LogP contribution in [0.1, 0.15) is 34.6 Å². The third kappa shape index (κ3) is 2.81. The molecule has 0 saturated heterocycles. The van der Waals surface area contributed by atoms with E-state index < -0.39 is 0 Å². The zero-order chi connectivity index (χ0) is 19.4. The second kappa shape index (κ2) is 7.27. The van der Waals surface area contributed by atoms with Gasteiger partial charge in [0.2, 0.25) is 0 Å². The van der Waals surface area contributed by atoms with Crippen LogP contribution in [0.3, 0.4) is 0 Å². The molecule has 5 aromatic carbocycles. The molecule has 1 unspecified atom stereocenters. The van der Waals surface area contributed by atoms with Crippen LogP contribution >= 0.6 is 0 Å². The summed E-state index contributed by atoms with van der Waals surface area (Å²) in [4.78, 5) is 0. The maximum absolute atomic E-state index is 2.40. The van der Waals surface area contributed by atoms with Gasteiger partial charge >= 0.3 is 0 Å². The van der Waals surface area contributed by atoms with Crippen molar-refractivity contribution in [3.8, 4) is 0 Å². The molecule has 0 bridgehead atoms. The molecule has 0 fully saturated rings. The van der Waals surface area contributed by atoms with Crippen molar-refractivity contribution in [2.45, 2.75) is 32.1 Å². The van der Waals surface area contributed by atoms with Crippen molar-refractivity contribution >= 4 is 32.3 Å². The van der Waals surface area contributed by atoms with E-state index in [2.05, 4.69) is 91.9 Å². The largest absolute Gasteiger partial charge is 0.344 e. The van der Waals surface area contributed by atoms with Crippen LogP contribution in [0.4, 0.5) is 0 Å². The Morgan fingerprint density at radius 2 is 1.43 bits per heavy atom. The minimum Gasteiger partial charge on any atom is -0.344 e. The van der Waals surface area contributed by atoms with Crippen molar-refractivity contribution in [2.24, 2.45) is 0 Å². The molecule has 0 heterocycles. The molecule has 30 heavy (non-hydrogen) atoms. The molecule has 0 aliphatic heterocycles. The van der Waals surface area contributed by atoms with E-state index in [1.807, 2.05) is 0 Å².